The van der Waals surface area contributed by atoms with E-state index in [-0.39, 0.29) is 5.92 Å². The fourth-order valence-corrected chi connectivity index (χ4v) is 1.70. The van der Waals surface area contributed by atoms with Crippen LogP contribution in [-0.4, -0.2) is 17.1 Å². The van der Waals surface area contributed by atoms with Crippen LogP contribution in [-0.2, 0) is 4.79 Å². The number of anilines is 1. The van der Waals surface area contributed by atoms with Crippen molar-refractivity contribution in [2.45, 2.75) is 18.9 Å². The molecule has 1 aliphatic carbocycles. The molecule has 2 N–H and O–H groups in total. The molecule has 3 nitrogen and oxygen atoms in total. The first-order chi connectivity index (χ1) is 8.84. The Morgan fingerprint density at radius 1 is 1.00 bits per heavy atom. The topological polar surface area (TPSA) is 49.3 Å². The van der Waals surface area contributed by atoms with E-state index in [1.165, 1.54) is 0 Å². The van der Waals surface area contributed by atoms with Gasteiger partial charge in [-0.15, -0.1) is 0 Å². The van der Waals surface area contributed by atoms with Gasteiger partial charge in [-0.05, 0) is 18.8 Å². The van der Waals surface area contributed by atoms with Crippen LogP contribution in [0, 0.1) is 35.0 Å². The number of hydrogen-bond acceptors (Lipinski definition) is 2. The Bertz CT molecular complexity index is 515. The van der Waals surface area contributed by atoms with Crippen LogP contribution in [0.1, 0.15) is 12.8 Å². The fraction of sp³-hybridized carbons (Fsp3) is 0.364. The first kappa shape index (κ1) is 13.6. The molecule has 0 bridgehead atoms. The van der Waals surface area contributed by atoms with Crippen molar-refractivity contribution in [2.24, 2.45) is 5.92 Å². The molecule has 1 aliphatic rings. The maximum atomic E-state index is 13.3. The molecule has 0 saturated heterocycles. The Morgan fingerprint density at radius 2 is 1.42 bits per heavy atom. The number of benzene rings is 1. The van der Waals surface area contributed by atoms with Gasteiger partial charge in [0.15, 0.2) is 23.3 Å². The summed E-state index contributed by atoms with van der Waals surface area (Å²) in [5, 5.41) is 10.7. The van der Waals surface area contributed by atoms with Crippen LogP contribution in [0.5, 0.6) is 0 Å². The van der Waals surface area contributed by atoms with E-state index in [0.29, 0.717) is 12.8 Å². The summed E-state index contributed by atoms with van der Waals surface area (Å²) in [5.41, 5.74) is -1.31. The van der Waals surface area contributed by atoms with Crippen LogP contribution >= 0.6 is 0 Å². The lowest BCUT2D eigenvalue weighted by molar-refractivity contribution is -0.138. The predicted octanol–water partition coefficient (Wildman–Crippen LogP) is 2.66. The molecule has 1 aromatic carbocycles. The molecule has 0 radical (unpaired) electrons. The quantitative estimate of drug-likeness (QED) is 0.507. The van der Waals surface area contributed by atoms with Crippen molar-refractivity contribution in [3.63, 3.8) is 0 Å². The van der Waals surface area contributed by atoms with Gasteiger partial charge in [-0.3, -0.25) is 0 Å². The van der Waals surface area contributed by atoms with E-state index >= 15 is 0 Å². The molecule has 8 heteroatoms. The minimum Gasteiger partial charge on any atom is -0.480 e. The first-order valence-corrected chi connectivity index (χ1v) is 5.35. The largest absolute Gasteiger partial charge is 0.480 e. The van der Waals surface area contributed by atoms with E-state index in [1.54, 1.807) is 0 Å². The van der Waals surface area contributed by atoms with E-state index < -0.39 is 46.8 Å². The molecule has 0 amide bonds. The molecule has 0 aromatic heterocycles. The fourth-order valence-electron chi connectivity index (χ4n) is 1.70. The van der Waals surface area contributed by atoms with Gasteiger partial charge in [0.25, 0.3) is 0 Å². The zero-order valence-electron chi connectivity index (χ0n) is 9.31. The highest BCUT2D eigenvalue weighted by atomic mass is 19.2. The van der Waals surface area contributed by atoms with Gasteiger partial charge >= 0.3 is 5.97 Å². The van der Waals surface area contributed by atoms with Crippen molar-refractivity contribution < 1.29 is 31.9 Å². The van der Waals surface area contributed by atoms with Crippen molar-refractivity contribution in [3.05, 3.63) is 29.1 Å². The zero-order valence-corrected chi connectivity index (χ0v) is 9.31. The number of carboxylic acid groups (broad SMARTS) is 1. The second-order valence-electron chi connectivity index (χ2n) is 4.24. The predicted molar refractivity (Wildman–Crippen MR) is 54.0 cm³/mol. The molecule has 104 valence electrons. The second-order valence-corrected chi connectivity index (χ2v) is 4.24. The van der Waals surface area contributed by atoms with Gasteiger partial charge in [-0.25, -0.2) is 26.7 Å². The van der Waals surface area contributed by atoms with E-state index in [0.717, 1.165) is 0 Å². The van der Waals surface area contributed by atoms with Crippen LogP contribution in [0.15, 0.2) is 0 Å². The molecule has 1 aromatic rings. The number of aliphatic carboxylic acids is 1. The van der Waals surface area contributed by atoms with Crippen molar-refractivity contribution in [1.82, 2.24) is 0 Å². The average Bonchev–Trinajstić information content (AvgIpc) is 3.18. The van der Waals surface area contributed by atoms with Gasteiger partial charge in [0.2, 0.25) is 5.82 Å². The number of hydrogen-bond donors (Lipinski definition) is 2. The molecule has 0 spiro atoms. The number of halogens is 5. The Hall–Kier alpha value is -1.86. The number of nitrogens with one attached hydrogen (secondary N) is 1. The van der Waals surface area contributed by atoms with Crippen molar-refractivity contribution in [3.8, 4) is 0 Å². The molecule has 2 rings (SSSR count). The summed E-state index contributed by atoms with van der Waals surface area (Å²) in [7, 11) is 0. The highest BCUT2D eigenvalue weighted by Gasteiger charge is 2.38. The number of carbonyl (C=O) groups is 1. The molecular weight excluding hydrogens is 273 g/mol. The molecule has 1 saturated carbocycles. The van der Waals surface area contributed by atoms with Crippen LogP contribution in [0.4, 0.5) is 27.6 Å². The monoisotopic (exact) mass is 281 g/mol. The SMILES string of the molecule is O=C(O)C(Nc1c(F)c(F)c(F)c(F)c1F)C1CC1. The van der Waals surface area contributed by atoms with Gasteiger partial charge in [0.05, 0.1) is 0 Å². The smallest absolute Gasteiger partial charge is 0.326 e. The van der Waals surface area contributed by atoms with Gasteiger partial charge in [-0.1, -0.05) is 0 Å². The van der Waals surface area contributed by atoms with E-state index in [1.807, 2.05) is 5.32 Å². The van der Waals surface area contributed by atoms with E-state index in [9.17, 15) is 26.7 Å². The molecule has 19 heavy (non-hydrogen) atoms. The highest BCUT2D eigenvalue weighted by Crippen LogP contribution is 2.36. The molecule has 0 aliphatic heterocycles. The minimum atomic E-state index is -2.28. The maximum Gasteiger partial charge on any atom is 0.326 e. The highest BCUT2D eigenvalue weighted by molar-refractivity contribution is 5.78. The summed E-state index contributed by atoms with van der Waals surface area (Å²) in [6.45, 7) is 0. The Kier molecular flexibility index (Phi) is 3.34. The maximum absolute atomic E-state index is 13.3. The molecule has 1 fully saturated rings. The normalized spacial score (nSPS) is 16.3. The van der Waals surface area contributed by atoms with Crippen molar-refractivity contribution in [1.29, 1.82) is 0 Å². The summed E-state index contributed by atoms with van der Waals surface area (Å²) in [6, 6.07) is -1.38. The lowest BCUT2D eigenvalue weighted by Gasteiger charge is -2.16. The third kappa shape index (κ3) is 2.34. The van der Waals surface area contributed by atoms with Crippen molar-refractivity contribution >= 4 is 11.7 Å². The van der Waals surface area contributed by atoms with Gasteiger partial charge in [-0.2, -0.15) is 0 Å². The average molecular weight is 281 g/mol. The Balaban J connectivity index is 2.42. The molecular formula is C11H8F5NO2. The summed E-state index contributed by atoms with van der Waals surface area (Å²) in [4.78, 5) is 10.9. The van der Waals surface area contributed by atoms with Gasteiger partial charge < -0.3 is 10.4 Å². The van der Waals surface area contributed by atoms with E-state index in [4.69, 9.17) is 5.11 Å². The van der Waals surface area contributed by atoms with Crippen LogP contribution in [0.3, 0.4) is 0 Å². The number of carboxylic acids is 1. The minimum absolute atomic E-state index is 0.382. The third-order valence-corrected chi connectivity index (χ3v) is 2.87. The summed E-state index contributed by atoms with van der Waals surface area (Å²) < 4.78 is 65.3. The Morgan fingerprint density at radius 3 is 1.79 bits per heavy atom. The molecule has 1 unspecified atom stereocenters. The summed E-state index contributed by atoms with van der Waals surface area (Å²) in [5.74, 6) is -12.4. The standard InChI is InChI=1S/C11H8F5NO2/c12-4-5(13)7(15)10(8(16)6(4)14)17-9(11(18)19)3-1-2-3/h3,9,17H,1-2H2,(H,18,19). The van der Waals surface area contributed by atoms with Gasteiger partial charge in [0, 0.05) is 0 Å². The zero-order chi connectivity index (χ0) is 14.3. The van der Waals surface area contributed by atoms with Crippen LogP contribution in [0.25, 0.3) is 0 Å². The third-order valence-electron chi connectivity index (χ3n) is 2.87. The van der Waals surface area contributed by atoms with E-state index in [2.05, 4.69) is 0 Å². The summed E-state index contributed by atoms with van der Waals surface area (Å²) >= 11 is 0. The molecule has 1 atom stereocenters. The Labute approximate surface area is 104 Å². The van der Waals surface area contributed by atoms with Crippen molar-refractivity contribution in [2.75, 3.05) is 5.32 Å². The lowest BCUT2D eigenvalue weighted by atomic mass is 10.1. The van der Waals surface area contributed by atoms with Crippen LogP contribution in [0.2, 0.25) is 0 Å². The number of rotatable bonds is 4. The van der Waals surface area contributed by atoms with Crippen LogP contribution < -0.4 is 5.32 Å². The molecule has 0 heterocycles. The second kappa shape index (κ2) is 4.67. The summed E-state index contributed by atoms with van der Waals surface area (Å²) in [6.07, 6.45) is 1.03. The lowest BCUT2D eigenvalue weighted by Crippen LogP contribution is -2.32. The first-order valence-electron chi connectivity index (χ1n) is 5.35. The van der Waals surface area contributed by atoms with Gasteiger partial charge in [0.1, 0.15) is 11.7 Å².